The molecule has 1 N–H and O–H groups in total. The molecule has 1 atom stereocenters. The molecule has 0 heterocycles. The lowest BCUT2D eigenvalue weighted by molar-refractivity contribution is -0.132. The summed E-state index contributed by atoms with van der Waals surface area (Å²) >= 11 is 0. The second kappa shape index (κ2) is 18.4. The lowest BCUT2D eigenvalue weighted by Crippen LogP contribution is -2.33. The number of carbonyl (C=O) groups excluding carboxylic acids is 1. The van der Waals surface area contributed by atoms with E-state index in [9.17, 15) is 4.79 Å². The molecule has 0 aliphatic heterocycles. The smallest absolute Gasteiger partial charge is 0.248 e. The molecule has 0 aliphatic rings. The van der Waals surface area contributed by atoms with Gasteiger partial charge in [0.25, 0.3) is 0 Å². The monoisotopic (exact) mass is 289 g/mol. The third kappa shape index (κ3) is 15.4. The highest BCUT2D eigenvalue weighted by Crippen LogP contribution is 1.99. The van der Waals surface area contributed by atoms with Crippen molar-refractivity contribution in [1.29, 1.82) is 0 Å². The van der Waals surface area contributed by atoms with Crippen LogP contribution < -0.4 is 5.32 Å². The van der Waals surface area contributed by atoms with Crippen LogP contribution in [-0.2, 0) is 14.3 Å². The molecule has 1 unspecified atom stereocenters. The zero-order valence-corrected chi connectivity index (χ0v) is 14.2. The molecule has 0 saturated carbocycles. The van der Waals surface area contributed by atoms with E-state index >= 15 is 0 Å². The highest BCUT2D eigenvalue weighted by Gasteiger charge is 2.13. The first-order valence-corrected chi connectivity index (χ1v) is 8.08. The van der Waals surface area contributed by atoms with Crippen LogP contribution in [0.1, 0.15) is 66.2 Å². The molecule has 0 fully saturated rings. The van der Waals surface area contributed by atoms with Crippen molar-refractivity contribution in [2.75, 3.05) is 26.9 Å². The van der Waals surface area contributed by atoms with E-state index in [0.717, 1.165) is 38.9 Å². The van der Waals surface area contributed by atoms with E-state index in [0.29, 0.717) is 6.61 Å². The van der Waals surface area contributed by atoms with Crippen LogP contribution in [0.2, 0.25) is 0 Å². The summed E-state index contributed by atoms with van der Waals surface area (Å²) in [6.45, 7) is 10.9. The molecule has 0 saturated heterocycles. The lowest BCUT2D eigenvalue weighted by Gasteiger charge is -2.13. The van der Waals surface area contributed by atoms with Crippen LogP contribution in [0.15, 0.2) is 0 Å². The predicted molar refractivity (Wildman–Crippen MR) is 85.0 cm³/mol. The summed E-state index contributed by atoms with van der Waals surface area (Å²) in [5, 5.41) is 2.58. The van der Waals surface area contributed by atoms with Crippen molar-refractivity contribution < 1.29 is 14.3 Å². The van der Waals surface area contributed by atoms with Crippen molar-refractivity contribution in [2.24, 2.45) is 0 Å². The van der Waals surface area contributed by atoms with Gasteiger partial charge in [0.1, 0.15) is 6.10 Å². The number of likely N-dealkylation sites (N-methyl/N-ethyl adjacent to an activating group) is 1. The van der Waals surface area contributed by atoms with E-state index < -0.39 is 0 Å². The van der Waals surface area contributed by atoms with E-state index in [4.69, 9.17) is 9.47 Å². The third-order valence-corrected chi connectivity index (χ3v) is 2.72. The Balaban J connectivity index is 0. The molecule has 0 aromatic carbocycles. The number of amides is 1. The first-order chi connectivity index (χ1) is 9.67. The number of hydrogen-bond donors (Lipinski definition) is 1. The third-order valence-electron chi connectivity index (χ3n) is 2.72. The second-order valence-corrected chi connectivity index (χ2v) is 4.70. The number of nitrogens with one attached hydrogen (secondary N) is 1. The Labute approximate surface area is 125 Å². The van der Waals surface area contributed by atoms with Crippen LogP contribution in [0, 0.1) is 0 Å². The lowest BCUT2D eigenvalue weighted by atomic mass is 10.2. The zero-order valence-electron chi connectivity index (χ0n) is 14.2. The van der Waals surface area contributed by atoms with Crippen molar-refractivity contribution >= 4 is 5.91 Å². The van der Waals surface area contributed by atoms with Crippen LogP contribution in [0.3, 0.4) is 0 Å². The van der Waals surface area contributed by atoms with E-state index in [1.807, 2.05) is 6.92 Å². The number of carbonyl (C=O) groups is 1. The normalized spacial score (nSPS) is 11.4. The van der Waals surface area contributed by atoms with Crippen LogP contribution >= 0.6 is 0 Å². The number of ether oxygens (including phenoxy) is 2. The van der Waals surface area contributed by atoms with Gasteiger partial charge in [-0.15, -0.1) is 0 Å². The first kappa shape index (κ1) is 21.7. The standard InChI is InChI=1S/C9H19NO2.C7H16O/c1-4-6-7-12-8(5-2)9(11)10-3;1-3-5-7-8-6-4-2/h8H,4-7H2,1-3H3,(H,10,11);3-7H2,1-2H3. The molecular formula is C16H35NO3. The highest BCUT2D eigenvalue weighted by molar-refractivity contribution is 5.80. The summed E-state index contributed by atoms with van der Waals surface area (Å²) in [5.74, 6) is -0.0198. The summed E-state index contributed by atoms with van der Waals surface area (Å²) in [7, 11) is 1.63. The second-order valence-electron chi connectivity index (χ2n) is 4.70. The summed E-state index contributed by atoms with van der Waals surface area (Å²) in [5.41, 5.74) is 0. The van der Waals surface area contributed by atoms with Gasteiger partial charge >= 0.3 is 0 Å². The number of rotatable bonds is 11. The van der Waals surface area contributed by atoms with E-state index in [-0.39, 0.29) is 12.0 Å². The van der Waals surface area contributed by atoms with Crippen molar-refractivity contribution in [1.82, 2.24) is 5.32 Å². The molecule has 4 heteroatoms. The minimum atomic E-state index is -0.262. The molecule has 0 bridgehead atoms. The van der Waals surface area contributed by atoms with Crippen molar-refractivity contribution in [3.8, 4) is 0 Å². The zero-order chi connectivity index (χ0) is 15.6. The predicted octanol–water partition coefficient (Wildman–Crippen LogP) is 3.54. The maximum Gasteiger partial charge on any atom is 0.248 e. The van der Waals surface area contributed by atoms with Gasteiger partial charge in [0.2, 0.25) is 5.91 Å². The Kier molecular flexibility index (Phi) is 19.9. The fourth-order valence-electron chi connectivity index (χ4n) is 1.40. The molecule has 0 aromatic heterocycles. The van der Waals surface area contributed by atoms with Crippen LogP contribution in [0.25, 0.3) is 0 Å². The van der Waals surface area contributed by atoms with E-state index in [2.05, 4.69) is 26.1 Å². The molecule has 0 rings (SSSR count). The Bertz CT molecular complexity index is 192. The summed E-state index contributed by atoms with van der Waals surface area (Å²) < 4.78 is 10.6. The van der Waals surface area contributed by atoms with Crippen LogP contribution in [-0.4, -0.2) is 38.9 Å². The maximum atomic E-state index is 11.1. The van der Waals surface area contributed by atoms with Gasteiger partial charge in [0.15, 0.2) is 0 Å². The molecule has 4 nitrogen and oxygen atoms in total. The van der Waals surface area contributed by atoms with Crippen LogP contribution in [0.5, 0.6) is 0 Å². The molecule has 1 amide bonds. The Hall–Kier alpha value is -0.610. The minimum absolute atomic E-state index is 0.0198. The average molecular weight is 289 g/mol. The highest BCUT2D eigenvalue weighted by atomic mass is 16.5. The largest absolute Gasteiger partial charge is 0.381 e. The fraction of sp³-hybridized carbons (Fsp3) is 0.938. The molecule has 0 spiro atoms. The van der Waals surface area contributed by atoms with Gasteiger partial charge in [-0.1, -0.05) is 40.5 Å². The maximum absolute atomic E-state index is 11.1. The Morgan fingerprint density at radius 3 is 2.00 bits per heavy atom. The Morgan fingerprint density at radius 2 is 1.55 bits per heavy atom. The number of unbranched alkanes of at least 4 members (excludes halogenated alkanes) is 2. The van der Waals surface area contributed by atoms with Gasteiger partial charge in [-0.2, -0.15) is 0 Å². The van der Waals surface area contributed by atoms with Gasteiger partial charge in [-0.25, -0.2) is 0 Å². The average Bonchev–Trinajstić information content (AvgIpc) is 2.48. The molecular weight excluding hydrogens is 254 g/mol. The summed E-state index contributed by atoms with van der Waals surface area (Å²) in [6.07, 6.45) is 6.19. The van der Waals surface area contributed by atoms with Crippen molar-refractivity contribution in [3.05, 3.63) is 0 Å². The van der Waals surface area contributed by atoms with Gasteiger partial charge < -0.3 is 14.8 Å². The van der Waals surface area contributed by atoms with Gasteiger partial charge in [-0.3, -0.25) is 4.79 Å². The SMILES string of the molecule is CCCCOC(CC)C(=O)NC.CCCCOCCC. The van der Waals surface area contributed by atoms with Crippen molar-refractivity contribution in [2.45, 2.75) is 72.3 Å². The molecule has 0 aromatic rings. The molecule has 20 heavy (non-hydrogen) atoms. The quantitative estimate of drug-likeness (QED) is 0.592. The van der Waals surface area contributed by atoms with E-state index in [1.165, 1.54) is 12.8 Å². The number of hydrogen-bond acceptors (Lipinski definition) is 3. The fourth-order valence-corrected chi connectivity index (χ4v) is 1.40. The van der Waals surface area contributed by atoms with Gasteiger partial charge in [-0.05, 0) is 25.7 Å². The van der Waals surface area contributed by atoms with Crippen molar-refractivity contribution in [3.63, 3.8) is 0 Å². The summed E-state index contributed by atoms with van der Waals surface area (Å²) in [6, 6.07) is 0. The first-order valence-electron chi connectivity index (χ1n) is 8.08. The Morgan fingerprint density at radius 1 is 0.950 bits per heavy atom. The molecule has 0 radical (unpaired) electrons. The topological polar surface area (TPSA) is 47.6 Å². The molecule has 122 valence electrons. The minimum Gasteiger partial charge on any atom is -0.381 e. The van der Waals surface area contributed by atoms with Gasteiger partial charge in [0.05, 0.1) is 0 Å². The van der Waals surface area contributed by atoms with E-state index in [1.54, 1.807) is 7.05 Å². The van der Waals surface area contributed by atoms with Crippen LogP contribution in [0.4, 0.5) is 0 Å². The molecule has 0 aliphatic carbocycles. The van der Waals surface area contributed by atoms with Gasteiger partial charge in [0, 0.05) is 26.9 Å². The summed E-state index contributed by atoms with van der Waals surface area (Å²) in [4.78, 5) is 11.1.